The summed E-state index contributed by atoms with van der Waals surface area (Å²) in [5.74, 6) is -1.36. The number of hydrogen-bond donors (Lipinski definition) is 1. The number of amides is 1. The molecule has 0 radical (unpaired) electrons. The first kappa shape index (κ1) is 16.0. The van der Waals surface area contributed by atoms with Gasteiger partial charge in [-0.2, -0.15) is 18.3 Å². The summed E-state index contributed by atoms with van der Waals surface area (Å²) in [5, 5.41) is 4.05. The van der Waals surface area contributed by atoms with Crippen LogP contribution in [0, 0.1) is 0 Å². The van der Waals surface area contributed by atoms with E-state index in [1.807, 2.05) is 0 Å². The number of halogens is 3. The summed E-state index contributed by atoms with van der Waals surface area (Å²) in [6.45, 7) is 0.953. The molecule has 0 aliphatic rings. The highest BCUT2D eigenvalue weighted by molar-refractivity contribution is 5.97. The second kappa shape index (κ2) is 5.99. The number of rotatable bonds is 4. The zero-order valence-corrected chi connectivity index (χ0v) is 12.7. The van der Waals surface area contributed by atoms with Crippen molar-refractivity contribution in [2.24, 2.45) is 0 Å². The van der Waals surface area contributed by atoms with Crippen molar-refractivity contribution >= 4 is 16.9 Å². The molecule has 1 aromatic carbocycles. The van der Waals surface area contributed by atoms with E-state index in [-0.39, 0.29) is 16.9 Å². The van der Waals surface area contributed by atoms with Crippen molar-refractivity contribution in [1.29, 1.82) is 0 Å². The van der Waals surface area contributed by atoms with Gasteiger partial charge >= 0.3 is 6.18 Å². The van der Waals surface area contributed by atoms with Crippen LogP contribution in [0.2, 0.25) is 0 Å². The van der Waals surface area contributed by atoms with Crippen LogP contribution >= 0.6 is 0 Å². The molecule has 126 valence electrons. The van der Waals surface area contributed by atoms with E-state index >= 15 is 0 Å². The minimum absolute atomic E-state index is 0.165. The molecule has 3 rings (SSSR count). The van der Waals surface area contributed by atoms with Gasteiger partial charge in [0.15, 0.2) is 0 Å². The Balaban J connectivity index is 1.76. The number of likely N-dealkylation sites (N-methyl/N-ethyl adjacent to an activating group) is 1. The summed E-state index contributed by atoms with van der Waals surface area (Å²) < 4.78 is 39.7. The van der Waals surface area contributed by atoms with Gasteiger partial charge in [-0.05, 0) is 24.3 Å². The third-order valence-electron chi connectivity index (χ3n) is 3.57. The van der Waals surface area contributed by atoms with Gasteiger partial charge in [-0.3, -0.25) is 9.48 Å². The van der Waals surface area contributed by atoms with Crippen LogP contribution in [0.1, 0.15) is 16.2 Å². The molecule has 0 atom stereocenters. The highest BCUT2D eigenvalue weighted by atomic mass is 19.4. The number of hydrogen-bond acceptors (Lipinski definition) is 3. The lowest BCUT2D eigenvalue weighted by atomic mass is 10.2. The lowest BCUT2D eigenvalue weighted by Crippen LogP contribution is -2.30. The first-order valence-corrected chi connectivity index (χ1v) is 7.14. The molecule has 0 aliphatic heterocycles. The molecule has 0 saturated heterocycles. The maximum atomic E-state index is 12.7. The Kier molecular flexibility index (Phi) is 4.00. The molecule has 0 spiro atoms. The van der Waals surface area contributed by atoms with E-state index in [0.717, 1.165) is 0 Å². The van der Waals surface area contributed by atoms with E-state index in [9.17, 15) is 18.0 Å². The number of benzene rings is 1. The van der Waals surface area contributed by atoms with Gasteiger partial charge in [0, 0.05) is 31.5 Å². The van der Waals surface area contributed by atoms with Gasteiger partial charge in [0.1, 0.15) is 0 Å². The maximum Gasteiger partial charge on any atom is 0.449 e. The van der Waals surface area contributed by atoms with E-state index in [1.165, 1.54) is 23.1 Å². The second-order valence-electron chi connectivity index (χ2n) is 5.31. The van der Waals surface area contributed by atoms with Crippen LogP contribution in [0.4, 0.5) is 13.2 Å². The standard InChI is InChI=1S/C15H14F3N5O/c1-22(7-8-23-6-2-5-19-23)13(24)10-3-4-11-12(9-10)21-14(20-11)15(16,17)18/h2-6,9H,7-8H2,1H3,(H,20,21). The molecular weight excluding hydrogens is 323 g/mol. The summed E-state index contributed by atoms with van der Waals surface area (Å²) in [5.41, 5.74) is 0.634. The minimum atomic E-state index is -4.55. The van der Waals surface area contributed by atoms with Crippen molar-refractivity contribution in [3.05, 3.63) is 48.0 Å². The molecule has 0 bridgehead atoms. The number of carbonyl (C=O) groups is 1. The van der Waals surface area contributed by atoms with Crippen LogP contribution in [-0.4, -0.2) is 44.1 Å². The summed E-state index contributed by atoms with van der Waals surface area (Å²) in [6.07, 6.45) is -1.12. The zero-order valence-electron chi connectivity index (χ0n) is 12.7. The van der Waals surface area contributed by atoms with Gasteiger partial charge < -0.3 is 9.88 Å². The number of nitrogens with one attached hydrogen (secondary N) is 1. The Hall–Kier alpha value is -2.84. The van der Waals surface area contributed by atoms with E-state index in [2.05, 4.69) is 15.1 Å². The summed E-state index contributed by atoms with van der Waals surface area (Å²) in [7, 11) is 1.63. The second-order valence-corrected chi connectivity index (χ2v) is 5.31. The molecule has 0 fully saturated rings. The molecule has 0 saturated carbocycles. The Bertz CT molecular complexity index is 854. The molecule has 2 aromatic heterocycles. The van der Waals surface area contributed by atoms with Crippen molar-refractivity contribution in [3.63, 3.8) is 0 Å². The van der Waals surface area contributed by atoms with Crippen LogP contribution in [0.15, 0.2) is 36.7 Å². The molecular formula is C15H14F3N5O. The molecule has 9 heteroatoms. The third kappa shape index (κ3) is 3.24. The molecule has 6 nitrogen and oxygen atoms in total. The minimum Gasteiger partial charge on any atom is -0.340 e. The first-order chi connectivity index (χ1) is 11.3. The predicted octanol–water partition coefficient (Wildman–Crippen LogP) is 2.55. The highest BCUT2D eigenvalue weighted by Crippen LogP contribution is 2.28. The first-order valence-electron chi connectivity index (χ1n) is 7.14. The van der Waals surface area contributed by atoms with Crippen molar-refractivity contribution in [1.82, 2.24) is 24.6 Å². The number of aromatic amines is 1. The number of imidazole rings is 1. The van der Waals surface area contributed by atoms with Crippen LogP contribution in [0.3, 0.4) is 0 Å². The average molecular weight is 337 g/mol. The Morgan fingerprint density at radius 2 is 2.17 bits per heavy atom. The summed E-state index contributed by atoms with van der Waals surface area (Å²) in [4.78, 5) is 19.6. The number of carbonyl (C=O) groups excluding carboxylic acids is 1. The third-order valence-corrected chi connectivity index (χ3v) is 3.57. The predicted molar refractivity (Wildman–Crippen MR) is 80.3 cm³/mol. The largest absolute Gasteiger partial charge is 0.449 e. The number of fused-ring (bicyclic) bond motifs is 1. The van der Waals surface area contributed by atoms with Gasteiger partial charge in [0.05, 0.1) is 17.6 Å². The van der Waals surface area contributed by atoms with Crippen molar-refractivity contribution in [2.45, 2.75) is 12.7 Å². The summed E-state index contributed by atoms with van der Waals surface area (Å²) >= 11 is 0. The van der Waals surface area contributed by atoms with Gasteiger partial charge in [0.2, 0.25) is 5.82 Å². The molecule has 1 amide bonds. The molecule has 24 heavy (non-hydrogen) atoms. The van der Waals surface area contributed by atoms with Crippen LogP contribution in [0.5, 0.6) is 0 Å². The SMILES string of the molecule is CN(CCn1cccn1)C(=O)c1ccc2nc(C(F)(F)F)[nH]c2c1. The van der Waals surface area contributed by atoms with Gasteiger partial charge in [0.25, 0.3) is 5.91 Å². The smallest absolute Gasteiger partial charge is 0.340 e. The zero-order chi connectivity index (χ0) is 17.3. The molecule has 2 heterocycles. The van der Waals surface area contributed by atoms with Gasteiger partial charge in [-0.25, -0.2) is 4.98 Å². The number of H-pyrrole nitrogens is 1. The molecule has 0 aliphatic carbocycles. The fourth-order valence-corrected chi connectivity index (χ4v) is 2.28. The van der Waals surface area contributed by atoms with Crippen LogP contribution in [0.25, 0.3) is 11.0 Å². The van der Waals surface area contributed by atoms with E-state index in [0.29, 0.717) is 18.7 Å². The Labute approximate surface area is 134 Å². The van der Waals surface area contributed by atoms with Crippen molar-refractivity contribution < 1.29 is 18.0 Å². The fraction of sp³-hybridized carbons (Fsp3) is 0.267. The van der Waals surface area contributed by atoms with E-state index in [4.69, 9.17) is 0 Å². The molecule has 0 unspecified atom stereocenters. The van der Waals surface area contributed by atoms with Gasteiger partial charge in [-0.1, -0.05) is 0 Å². The van der Waals surface area contributed by atoms with Crippen molar-refractivity contribution in [3.8, 4) is 0 Å². The Morgan fingerprint density at radius 3 is 2.83 bits per heavy atom. The lowest BCUT2D eigenvalue weighted by Gasteiger charge is -2.17. The summed E-state index contributed by atoms with van der Waals surface area (Å²) in [6, 6.07) is 6.03. The fourth-order valence-electron chi connectivity index (χ4n) is 2.28. The maximum absolute atomic E-state index is 12.7. The van der Waals surface area contributed by atoms with Crippen LogP contribution in [-0.2, 0) is 12.7 Å². The van der Waals surface area contributed by atoms with Crippen molar-refractivity contribution in [2.75, 3.05) is 13.6 Å². The molecule has 3 aromatic rings. The highest BCUT2D eigenvalue weighted by Gasteiger charge is 2.34. The topological polar surface area (TPSA) is 66.8 Å². The normalized spacial score (nSPS) is 11.8. The number of nitrogens with zero attached hydrogens (tertiary/aromatic N) is 4. The van der Waals surface area contributed by atoms with E-state index < -0.39 is 12.0 Å². The quantitative estimate of drug-likeness (QED) is 0.796. The average Bonchev–Trinajstić information content (AvgIpc) is 3.19. The van der Waals surface area contributed by atoms with Gasteiger partial charge in [-0.15, -0.1) is 0 Å². The monoisotopic (exact) mass is 337 g/mol. The molecule has 1 N–H and O–H groups in total. The number of alkyl halides is 3. The Morgan fingerprint density at radius 1 is 1.38 bits per heavy atom. The number of aromatic nitrogens is 4. The lowest BCUT2D eigenvalue weighted by molar-refractivity contribution is -0.144. The van der Waals surface area contributed by atoms with E-state index in [1.54, 1.807) is 30.2 Å². The van der Waals surface area contributed by atoms with Crippen LogP contribution < -0.4 is 0 Å².